The molecule has 0 saturated carbocycles. The Balaban J connectivity index is 2.17. The zero-order valence-electron chi connectivity index (χ0n) is 10.8. The molecule has 3 N–H and O–H groups in total. The normalized spacial score (nSPS) is 10.0. The molecule has 98 valence electrons. The molecule has 1 aromatic carbocycles. The van der Waals surface area contributed by atoms with Gasteiger partial charge in [0.25, 0.3) is 0 Å². The zero-order valence-corrected chi connectivity index (χ0v) is 10.8. The molecule has 0 heterocycles. The Labute approximate surface area is 109 Å². The van der Waals surface area contributed by atoms with E-state index in [-0.39, 0.29) is 0 Å². The first kappa shape index (κ1) is 14.6. The lowest BCUT2D eigenvalue weighted by molar-refractivity contribution is -0.671. The summed E-state index contributed by atoms with van der Waals surface area (Å²) < 4.78 is 5.31. The van der Waals surface area contributed by atoms with Gasteiger partial charge < -0.3 is 15.2 Å². The summed E-state index contributed by atoms with van der Waals surface area (Å²) in [6, 6.07) is 8.03. The molecule has 0 aliphatic heterocycles. The fourth-order valence-corrected chi connectivity index (χ4v) is 1.69. The predicted octanol–water partition coefficient (Wildman–Crippen LogP) is 0.925. The monoisotopic (exact) mass is 248 g/mol. The first-order valence-corrected chi connectivity index (χ1v) is 6.44. The summed E-state index contributed by atoms with van der Waals surface area (Å²) in [7, 11) is 0. The number of rotatable bonds is 9. The van der Waals surface area contributed by atoms with Gasteiger partial charge in [-0.2, -0.15) is 0 Å². The fourth-order valence-electron chi connectivity index (χ4n) is 1.69. The van der Waals surface area contributed by atoms with Gasteiger partial charge in [-0.3, -0.25) is 0 Å². The largest absolute Gasteiger partial charge is 0.481 e. The van der Waals surface area contributed by atoms with Crippen LogP contribution in [0.25, 0.3) is 0 Å². The van der Waals surface area contributed by atoms with Crippen molar-refractivity contribution in [1.29, 1.82) is 0 Å². The third-order valence-corrected chi connectivity index (χ3v) is 2.69. The molecule has 0 bridgehead atoms. The quantitative estimate of drug-likeness (QED) is 0.504. The van der Waals surface area contributed by atoms with Gasteiger partial charge in [0.05, 0.1) is 6.54 Å². The molecule has 0 radical (unpaired) electrons. The molecule has 0 atom stereocenters. The van der Waals surface area contributed by atoms with Crippen molar-refractivity contribution in [3.8, 4) is 18.1 Å². The number of aliphatic hydroxyl groups is 1. The highest BCUT2D eigenvalue weighted by molar-refractivity contribution is 5.27. The third kappa shape index (κ3) is 6.29. The van der Waals surface area contributed by atoms with Crippen LogP contribution in [0.3, 0.4) is 0 Å². The summed E-state index contributed by atoms with van der Waals surface area (Å²) in [5.74, 6) is 3.26. The highest BCUT2D eigenvalue weighted by Crippen LogP contribution is 2.11. The highest BCUT2D eigenvalue weighted by atomic mass is 16.5. The van der Waals surface area contributed by atoms with Crippen LogP contribution in [0.5, 0.6) is 5.75 Å². The maximum Gasteiger partial charge on any atom is 0.148 e. The summed E-state index contributed by atoms with van der Waals surface area (Å²) in [6.45, 7) is 2.71. The molecule has 0 aliphatic carbocycles. The van der Waals surface area contributed by atoms with Gasteiger partial charge in [0.1, 0.15) is 18.9 Å². The van der Waals surface area contributed by atoms with Crippen LogP contribution in [0.15, 0.2) is 24.3 Å². The summed E-state index contributed by atoms with van der Waals surface area (Å²) in [6.07, 6.45) is 8.30. The fraction of sp³-hybridized carbons (Fsp3) is 0.467. The van der Waals surface area contributed by atoms with Gasteiger partial charge in [0.2, 0.25) is 0 Å². The minimum Gasteiger partial charge on any atom is -0.481 e. The van der Waals surface area contributed by atoms with E-state index in [2.05, 4.69) is 23.4 Å². The van der Waals surface area contributed by atoms with Crippen LogP contribution in [0.2, 0.25) is 0 Å². The standard InChI is InChI=1S/C15H21NO2/c1-2-12-18-15-8-6-14(7-9-15)13-16-10-4-3-5-11-17/h1,6-9,16-17H,3-5,10-13H2/p+1. The summed E-state index contributed by atoms with van der Waals surface area (Å²) in [5, 5.41) is 10.9. The molecule has 0 spiro atoms. The number of aliphatic hydroxyl groups excluding tert-OH is 1. The van der Waals surface area contributed by atoms with Crippen LogP contribution < -0.4 is 10.1 Å². The predicted molar refractivity (Wildman–Crippen MR) is 72.2 cm³/mol. The Morgan fingerprint density at radius 2 is 1.94 bits per heavy atom. The average molecular weight is 248 g/mol. The number of nitrogens with two attached hydrogens (primary N) is 1. The van der Waals surface area contributed by atoms with E-state index in [4.69, 9.17) is 16.3 Å². The smallest absolute Gasteiger partial charge is 0.148 e. The van der Waals surface area contributed by atoms with Crippen molar-refractivity contribution in [2.24, 2.45) is 0 Å². The van der Waals surface area contributed by atoms with E-state index in [0.717, 1.165) is 38.1 Å². The minimum absolute atomic E-state index is 0.305. The van der Waals surface area contributed by atoms with Gasteiger partial charge >= 0.3 is 0 Å². The second kappa shape index (κ2) is 9.52. The molecule has 3 nitrogen and oxygen atoms in total. The van der Waals surface area contributed by atoms with Crippen molar-refractivity contribution in [2.45, 2.75) is 25.8 Å². The average Bonchev–Trinajstić information content (AvgIpc) is 2.42. The van der Waals surface area contributed by atoms with E-state index in [0.29, 0.717) is 13.2 Å². The van der Waals surface area contributed by atoms with Crippen LogP contribution in [-0.2, 0) is 6.54 Å². The van der Waals surface area contributed by atoms with E-state index >= 15 is 0 Å². The molecule has 1 rings (SSSR count). The number of hydrogen-bond acceptors (Lipinski definition) is 2. The van der Waals surface area contributed by atoms with Crippen molar-refractivity contribution >= 4 is 0 Å². The van der Waals surface area contributed by atoms with Crippen LogP contribution >= 0.6 is 0 Å². The van der Waals surface area contributed by atoms with Crippen molar-refractivity contribution in [1.82, 2.24) is 0 Å². The van der Waals surface area contributed by atoms with Crippen molar-refractivity contribution in [2.75, 3.05) is 19.8 Å². The molecular formula is C15H22NO2+. The van der Waals surface area contributed by atoms with E-state index in [1.165, 1.54) is 5.56 Å². The summed E-state index contributed by atoms with van der Waals surface area (Å²) >= 11 is 0. The molecule has 18 heavy (non-hydrogen) atoms. The van der Waals surface area contributed by atoms with Crippen LogP contribution in [0, 0.1) is 12.3 Å². The first-order chi connectivity index (χ1) is 8.86. The van der Waals surface area contributed by atoms with E-state index < -0.39 is 0 Å². The number of quaternary nitrogens is 1. The maximum atomic E-state index is 8.65. The molecule has 3 heteroatoms. The Bertz CT molecular complexity index is 354. The zero-order chi connectivity index (χ0) is 13.1. The van der Waals surface area contributed by atoms with Gasteiger partial charge in [-0.05, 0) is 43.5 Å². The highest BCUT2D eigenvalue weighted by Gasteiger charge is 1.97. The SMILES string of the molecule is C#CCOc1ccc(C[NH2+]CCCCCO)cc1. The lowest BCUT2D eigenvalue weighted by Gasteiger charge is -2.04. The van der Waals surface area contributed by atoms with Gasteiger partial charge in [-0.25, -0.2) is 0 Å². The lowest BCUT2D eigenvalue weighted by atomic mass is 10.2. The Kier molecular flexibility index (Phi) is 7.70. The first-order valence-electron chi connectivity index (χ1n) is 6.44. The van der Waals surface area contributed by atoms with E-state index in [1.807, 2.05) is 12.1 Å². The topological polar surface area (TPSA) is 46.1 Å². The minimum atomic E-state index is 0.305. The molecule has 0 aromatic heterocycles. The number of unbranched alkanes of at least 4 members (excludes halogenated alkanes) is 2. The van der Waals surface area contributed by atoms with Crippen molar-refractivity contribution in [3.63, 3.8) is 0 Å². The Morgan fingerprint density at radius 3 is 2.61 bits per heavy atom. The van der Waals surface area contributed by atoms with Gasteiger partial charge in [0.15, 0.2) is 0 Å². The third-order valence-electron chi connectivity index (χ3n) is 2.69. The molecular weight excluding hydrogens is 226 g/mol. The van der Waals surface area contributed by atoms with Crippen molar-refractivity contribution < 1.29 is 15.2 Å². The lowest BCUT2D eigenvalue weighted by Crippen LogP contribution is -2.82. The van der Waals surface area contributed by atoms with Crippen LogP contribution in [-0.4, -0.2) is 24.9 Å². The van der Waals surface area contributed by atoms with Crippen LogP contribution in [0.1, 0.15) is 24.8 Å². The van der Waals surface area contributed by atoms with Gasteiger partial charge in [-0.15, -0.1) is 6.42 Å². The number of terminal acetylenes is 1. The summed E-state index contributed by atoms with van der Waals surface area (Å²) in [4.78, 5) is 0. The molecule has 0 saturated heterocycles. The Hall–Kier alpha value is -1.50. The maximum absolute atomic E-state index is 8.65. The molecule has 0 aliphatic rings. The molecule has 0 fully saturated rings. The molecule has 0 unspecified atom stereocenters. The summed E-state index contributed by atoms with van der Waals surface area (Å²) in [5.41, 5.74) is 1.28. The molecule has 0 amide bonds. The molecule has 1 aromatic rings. The van der Waals surface area contributed by atoms with Crippen LogP contribution in [0.4, 0.5) is 0 Å². The number of benzene rings is 1. The second-order valence-electron chi connectivity index (χ2n) is 4.20. The number of ether oxygens (including phenoxy) is 1. The van der Waals surface area contributed by atoms with Crippen molar-refractivity contribution in [3.05, 3.63) is 29.8 Å². The number of hydrogen-bond donors (Lipinski definition) is 2. The second-order valence-corrected chi connectivity index (χ2v) is 4.20. The van der Waals surface area contributed by atoms with E-state index in [1.54, 1.807) is 0 Å². The van der Waals surface area contributed by atoms with Gasteiger partial charge in [0, 0.05) is 12.2 Å². The van der Waals surface area contributed by atoms with Gasteiger partial charge in [-0.1, -0.05) is 5.92 Å². The Morgan fingerprint density at radius 1 is 1.17 bits per heavy atom. The van der Waals surface area contributed by atoms with E-state index in [9.17, 15) is 0 Å².